The number of methoxy groups -OCH3 is 2. The lowest BCUT2D eigenvalue weighted by atomic mass is 10.1. The van der Waals surface area contributed by atoms with Gasteiger partial charge >= 0.3 is 11.9 Å². The highest BCUT2D eigenvalue weighted by atomic mass is 16.6. The van der Waals surface area contributed by atoms with Crippen LogP contribution in [-0.4, -0.2) is 171 Å². The molecular formula is C58H70N6O12. The molecule has 2 saturated heterocycles. The van der Waals surface area contributed by atoms with Crippen LogP contribution in [0.15, 0.2) is 94.5 Å². The number of esters is 1. The highest BCUT2D eigenvalue weighted by molar-refractivity contribution is 5.84. The third-order valence-corrected chi connectivity index (χ3v) is 14.9. The van der Waals surface area contributed by atoms with Gasteiger partial charge in [-0.25, -0.2) is 0 Å². The van der Waals surface area contributed by atoms with E-state index in [0.29, 0.717) is 91.1 Å². The minimum atomic E-state index is -0.824. The molecule has 4 aromatic carbocycles. The zero-order valence-electron chi connectivity index (χ0n) is 44.3. The summed E-state index contributed by atoms with van der Waals surface area (Å²) in [5, 5.41) is 12.0. The lowest BCUT2D eigenvalue weighted by Gasteiger charge is -2.40. The Morgan fingerprint density at radius 3 is 1.45 bits per heavy atom. The summed E-state index contributed by atoms with van der Waals surface area (Å²) in [4.78, 5) is 59.6. The van der Waals surface area contributed by atoms with E-state index in [0.717, 1.165) is 112 Å². The second-order valence-corrected chi connectivity index (χ2v) is 19.7. The van der Waals surface area contributed by atoms with E-state index in [4.69, 9.17) is 33.2 Å². The van der Waals surface area contributed by atoms with Gasteiger partial charge in [-0.15, -0.1) is 0 Å². The van der Waals surface area contributed by atoms with Crippen molar-refractivity contribution < 1.29 is 47.9 Å². The molecule has 76 heavy (non-hydrogen) atoms. The molecule has 1 N–H and O–H groups in total. The molecule has 18 nitrogen and oxygen atoms in total. The minimum Gasteiger partial charge on any atom is -0.497 e. The molecule has 10 rings (SSSR count). The summed E-state index contributed by atoms with van der Waals surface area (Å²) in [6.45, 7) is 15.8. The Hall–Kier alpha value is -7.12. The van der Waals surface area contributed by atoms with E-state index in [1.54, 1.807) is 35.5 Å². The van der Waals surface area contributed by atoms with Gasteiger partial charge in [0.25, 0.3) is 11.1 Å². The number of hydrogen-bond donors (Lipinski definition) is 1. The van der Waals surface area contributed by atoms with Gasteiger partial charge in [-0.05, 0) is 104 Å². The Morgan fingerprint density at radius 2 is 1.00 bits per heavy atom. The number of carbonyl (C=O) groups excluding carboxylic acids is 1. The molecule has 0 aliphatic carbocycles. The molecule has 0 radical (unpaired) electrons. The first kappa shape index (κ1) is 53.7. The van der Waals surface area contributed by atoms with Crippen molar-refractivity contribution in [3.8, 4) is 34.5 Å². The number of benzene rings is 4. The maximum absolute atomic E-state index is 13.0. The molecule has 0 saturated carbocycles. The summed E-state index contributed by atoms with van der Waals surface area (Å²) in [7, 11) is 3.24. The fraction of sp³-hybridized carbons (Fsp3) is 0.448. The molecule has 4 aliphatic rings. The van der Waals surface area contributed by atoms with Crippen molar-refractivity contribution in [2.45, 2.75) is 58.8 Å². The van der Waals surface area contributed by atoms with E-state index in [2.05, 4.69) is 20.8 Å². The average Bonchev–Trinajstić information content (AvgIpc) is 3.44. The lowest BCUT2D eigenvalue weighted by molar-refractivity contribution is -0.152. The topological polar surface area (TPSA) is 176 Å². The van der Waals surface area contributed by atoms with Crippen LogP contribution in [0.1, 0.15) is 29.2 Å². The van der Waals surface area contributed by atoms with Gasteiger partial charge in [0, 0.05) is 114 Å². The first-order valence-corrected chi connectivity index (χ1v) is 26.3. The number of carboxylic acids is 1. The third-order valence-electron chi connectivity index (χ3n) is 14.9. The molecule has 2 unspecified atom stereocenters. The van der Waals surface area contributed by atoms with E-state index < -0.39 is 12.0 Å². The molecule has 6 heterocycles. The number of aliphatic carboxylic acids is 1. The average molecular weight is 1040 g/mol. The van der Waals surface area contributed by atoms with Gasteiger partial charge in [0.15, 0.2) is 23.0 Å². The number of fused-ring (bicyclic) bond motifs is 4. The predicted octanol–water partition coefficient (Wildman–Crippen LogP) is 5.28. The van der Waals surface area contributed by atoms with Gasteiger partial charge < -0.3 is 47.4 Å². The lowest BCUT2D eigenvalue weighted by Crippen LogP contribution is -2.57. The smallest absolute Gasteiger partial charge is 0.324 e. The van der Waals surface area contributed by atoms with Crippen molar-refractivity contribution >= 4 is 33.7 Å². The van der Waals surface area contributed by atoms with Gasteiger partial charge in [0.2, 0.25) is 0 Å². The molecule has 0 bridgehead atoms. The van der Waals surface area contributed by atoms with Gasteiger partial charge in [0.1, 0.15) is 50.0 Å². The van der Waals surface area contributed by atoms with E-state index in [9.17, 15) is 24.3 Å². The van der Waals surface area contributed by atoms with Crippen molar-refractivity contribution in [1.29, 1.82) is 0 Å². The first-order chi connectivity index (χ1) is 36.9. The third kappa shape index (κ3) is 12.6. The number of pyridine rings is 2. The van der Waals surface area contributed by atoms with Crippen molar-refractivity contribution in [3.05, 3.63) is 128 Å². The van der Waals surface area contributed by atoms with Crippen molar-refractivity contribution in [2.24, 2.45) is 0 Å². The predicted molar refractivity (Wildman–Crippen MR) is 289 cm³/mol. The van der Waals surface area contributed by atoms with Crippen LogP contribution < -0.4 is 39.5 Å². The maximum Gasteiger partial charge on any atom is 0.324 e. The summed E-state index contributed by atoms with van der Waals surface area (Å²) in [5.41, 5.74) is 5.71. The Balaban J connectivity index is 0.000000186. The number of nitrogens with zero attached hydrogens (tertiary/aromatic N) is 6. The van der Waals surface area contributed by atoms with Crippen molar-refractivity contribution in [2.75, 3.05) is 113 Å². The molecule has 2 atom stereocenters. The Labute approximate surface area is 442 Å². The number of carboxylic acid groups (broad SMARTS) is 1. The highest BCUT2D eigenvalue weighted by Crippen LogP contribution is 2.33. The van der Waals surface area contributed by atoms with Gasteiger partial charge in [-0.1, -0.05) is 12.1 Å². The van der Waals surface area contributed by atoms with Gasteiger partial charge in [-0.2, -0.15) is 0 Å². The monoisotopic (exact) mass is 1040 g/mol. The van der Waals surface area contributed by atoms with Crippen LogP contribution in [0.2, 0.25) is 0 Å². The zero-order valence-corrected chi connectivity index (χ0v) is 44.3. The summed E-state index contributed by atoms with van der Waals surface area (Å²) >= 11 is 0. The second kappa shape index (κ2) is 24.7. The molecule has 0 amide bonds. The zero-order chi connectivity index (χ0) is 53.3. The number of piperazine rings is 2. The molecule has 2 aromatic heterocycles. The van der Waals surface area contributed by atoms with Crippen LogP contribution in [-0.2, 0) is 40.3 Å². The Bertz CT molecular complexity index is 3160. The minimum absolute atomic E-state index is 0.0340. The van der Waals surface area contributed by atoms with E-state index in [1.807, 2.05) is 92.4 Å². The molecule has 18 heteroatoms. The number of aromatic nitrogens is 2. The number of aryl methyl sites for hydroxylation is 2. The fourth-order valence-corrected chi connectivity index (χ4v) is 10.7. The molecule has 0 spiro atoms. The van der Waals surface area contributed by atoms with E-state index in [-0.39, 0.29) is 23.1 Å². The van der Waals surface area contributed by atoms with E-state index >= 15 is 0 Å². The largest absolute Gasteiger partial charge is 0.497 e. The molecule has 4 aliphatic heterocycles. The Morgan fingerprint density at radius 1 is 0.553 bits per heavy atom. The number of rotatable bonds is 17. The van der Waals surface area contributed by atoms with Crippen LogP contribution in [0.4, 0.5) is 0 Å². The van der Waals surface area contributed by atoms with Crippen LogP contribution >= 0.6 is 0 Å². The van der Waals surface area contributed by atoms with Gasteiger partial charge in [0.05, 0.1) is 31.9 Å². The van der Waals surface area contributed by atoms with Crippen LogP contribution in [0.25, 0.3) is 21.8 Å². The summed E-state index contributed by atoms with van der Waals surface area (Å²) in [6, 6.07) is 25.9. The molecule has 404 valence electrons. The number of ether oxygens (including phenoxy) is 7. The number of carbonyl (C=O) groups is 2. The Kier molecular flexibility index (Phi) is 17.4. The standard InChI is InChI=1S/C30H37N3O6.C28H33N3O6/c1-4-37-30(35)26-20-31(11-13-32(26)10-9-22-5-8-27-28(18-22)39-16-15-38-27)12-14-33-25-19-23(36-3)6-7-24(25)21(2)17-29(33)34;1-19-15-27(32)31(23-17-21(35-2)4-5-22(19)23)12-10-29-9-11-30(24(18-29)28(33)34)8-7-20-3-6-25-26(16-20)37-14-13-36-25/h5-8,17-19,26H,4,9-16,20H2,1-3H3;3-6,15-17,24H,7-14,18H2,1-2H3,(H,33,34). The second-order valence-electron chi connectivity index (χ2n) is 19.7. The molecular weight excluding hydrogens is 973 g/mol. The van der Waals surface area contributed by atoms with Crippen LogP contribution in [0, 0.1) is 13.8 Å². The van der Waals surface area contributed by atoms with Crippen LogP contribution in [0.3, 0.4) is 0 Å². The van der Waals surface area contributed by atoms with Crippen molar-refractivity contribution in [3.63, 3.8) is 0 Å². The first-order valence-electron chi connectivity index (χ1n) is 26.3. The quantitative estimate of drug-likeness (QED) is 0.117. The van der Waals surface area contributed by atoms with Crippen molar-refractivity contribution in [1.82, 2.24) is 28.7 Å². The normalized spacial score (nSPS) is 18.0. The highest BCUT2D eigenvalue weighted by Gasteiger charge is 2.34. The van der Waals surface area contributed by atoms with E-state index in [1.165, 1.54) is 0 Å². The summed E-state index contributed by atoms with van der Waals surface area (Å²) in [5.74, 6) is 3.45. The molecule has 2 fully saturated rings. The maximum atomic E-state index is 13.0. The van der Waals surface area contributed by atoms with Crippen LogP contribution in [0.5, 0.6) is 34.5 Å². The molecule has 6 aromatic rings. The fourth-order valence-electron chi connectivity index (χ4n) is 10.7. The summed E-state index contributed by atoms with van der Waals surface area (Å²) in [6.07, 6.45) is 1.52. The SMILES string of the molecule is CCOC(=O)C1CN(CCn2c(=O)cc(C)c3ccc(OC)cc32)CCN1CCc1ccc2c(c1)OCCO2.COc1ccc2c(C)cc(=O)n(CCN3CCN(CCc4ccc5c(c4)OCCO5)C(C(=O)O)C3)c2c1. The van der Waals surface area contributed by atoms with Gasteiger partial charge in [-0.3, -0.25) is 38.8 Å². The summed E-state index contributed by atoms with van der Waals surface area (Å²) < 4.78 is 42.4. The number of hydrogen-bond acceptors (Lipinski definition) is 15.